The molecule has 0 saturated carbocycles. The van der Waals surface area contributed by atoms with Crippen LogP contribution in [0.4, 0.5) is 0 Å². The zero-order valence-corrected chi connectivity index (χ0v) is 31.4. The smallest absolute Gasteiger partial charge is 0.0714 e. The van der Waals surface area contributed by atoms with Gasteiger partial charge in [-0.15, -0.1) is 11.3 Å². The van der Waals surface area contributed by atoms with E-state index < -0.39 is 5.41 Å². The summed E-state index contributed by atoms with van der Waals surface area (Å²) in [6.45, 7) is 0. The Morgan fingerprint density at radius 3 is 1.36 bits per heavy atom. The van der Waals surface area contributed by atoms with Crippen LogP contribution in [0, 0.1) is 0 Å². The van der Waals surface area contributed by atoms with Crippen LogP contribution < -0.4 is 0 Å². The molecule has 11 aromatic rings. The van der Waals surface area contributed by atoms with Crippen LogP contribution in [0.2, 0.25) is 0 Å². The van der Waals surface area contributed by atoms with Gasteiger partial charge in [0.25, 0.3) is 0 Å². The highest BCUT2D eigenvalue weighted by molar-refractivity contribution is 7.26. The van der Waals surface area contributed by atoms with Gasteiger partial charge in [0, 0.05) is 25.7 Å². The molecule has 0 atom stereocenters. The number of fused-ring (bicyclic) bond motifs is 10. The van der Waals surface area contributed by atoms with Crippen LogP contribution in [-0.2, 0) is 5.41 Å². The van der Waals surface area contributed by atoms with Crippen LogP contribution in [0.5, 0.6) is 0 Å². The molecule has 1 aliphatic carbocycles. The van der Waals surface area contributed by atoms with Crippen LogP contribution in [0.15, 0.2) is 206 Å². The number of rotatable bonds is 4. The van der Waals surface area contributed by atoms with Gasteiger partial charge < -0.3 is 0 Å². The second-order valence-corrected chi connectivity index (χ2v) is 16.1. The van der Waals surface area contributed by atoms with Crippen molar-refractivity contribution in [2.24, 2.45) is 0 Å². The van der Waals surface area contributed by atoms with E-state index in [-0.39, 0.29) is 0 Å². The molecule has 56 heavy (non-hydrogen) atoms. The third kappa shape index (κ3) is 4.24. The number of hydrogen-bond acceptors (Lipinski definition) is 1. The SMILES string of the molecule is c1ccc(C2(c3ccccc3)c3ccccc3-c3c2cc(-c2c4ccccc4c(-c4cccc5c4sc4ccccc45)c4ccccc24)c2ccccc32)cc1. The van der Waals surface area contributed by atoms with Crippen LogP contribution in [-0.4, -0.2) is 0 Å². The molecule has 0 spiro atoms. The molecule has 1 aromatic heterocycles. The lowest BCUT2D eigenvalue weighted by Crippen LogP contribution is -2.28. The molecule has 0 bridgehead atoms. The van der Waals surface area contributed by atoms with Crippen molar-refractivity contribution in [1.82, 2.24) is 0 Å². The summed E-state index contributed by atoms with van der Waals surface area (Å²) in [5.41, 5.74) is 12.5. The Kier molecular flexibility index (Phi) is 6.82. The van der Waals surface area contributed by atoms with Gasteiger partial charge in [0.15, 0.2) is 0 Å². The Balaban J connectivity index is 1.25. The van der Waals surface area contributed by atoms with Gasteiger partial charge in [-0.3, -0.25) is 0 Å². The van der Waals surface area contributed by atoms with Gasteiger partial charge in [-0.05, 0) is 94.5 Å². The molecule has 12 rings (SSSR count). The van der Waals surface area contributed by atoms with Crippen molar-refractivity contribution >= 4 is 63.8 Å². The lowest BCUT2D eigenvalue weighted by Gasteiger charge is -2.34. The summed E-state index contributed by atoms with van der Waals surface area (Å²) in [6.07, 6.45) is 0. The fraction of sp³-hybridized carbons (Fsp3) is 0.0182. The van der Waals surface area contributed by atoms with E-state index in [0.717, 1.165) is 0 Å². The number of thiophene rings is 1. The average molecular weight is 727 g/mol. The summed E-state index contributed by atoms with van der Waals surface area (Å²) in [4.78, 5) is 0. The van der Waals surface area contributed by atoms with Crippen molar-refractivity contribution in [3.8, 4) is 33.4 Å². The summed E-state index contributed by atoms with van der Waals surface area (Å²) in [5, 5.41) is 10.3. The first-order valence-electron chi connectivity index (χ1n) is 19.4. The van der Waals surface area contributed by atoms with E-state index in [1.54, 1.807) is 0 Å². The molecule has 0 aliphatic heterocycles. The maximum absolute atomic E-state index is 2.57. The lowest BCUT2D eigenvalue weighted by atomic mass is 9.67. The highest BCUT2D eigenvalue weighted by atomic mass is 32.1. The normalized spacial score (nSPS) is 13.1. The molecule has 0 radical (unpaired) electrons. The zero-order valence-electron chi connectivity index (χ0n) is 30.5. The lowest BCUT2D eigenvalue weighted by molar-refractivity contribution is 0.769. The minimum Gasteiger partial charge on any atom is -0.135 e. The molecule has 0 fully saturated rings. The van der Waals surface area contributed by atoms with Crippen molar-refractivity contribution < 1.29 is 0 Å². The average Bonchev–Trinajstić information content (AvgIpc) is 3.80. The Morgan fingerprint density at radius 1 is 0.286 bits per heavy atom. The Hall–Kier alpha value is -6.80. The fourth-order valence-corrected chi connectivity index (χ4v) is 11.4. The minimum atomic E-state index is -0.504. The van der Waals surface area contributed by atoms with Crippen molar-refractivity contribution in [2.45, 2.75) is 5.41 Å². The summed E-state index contributed by atoms with van der Waals surface area (Å²) in [5.74, 6) is 0. The monoisotopic (exact) mass is 726 g/mol. The van der Waals surface area contributed by atoms with Crippen molar-refractivity contribution in [3.63, 3.8) is 0 Å². The van der Waals surface area contributed by atoms with Gasteiger partial charge in [-0.1, -0.05) is 194 Å². The summed E-state index contributed by atoms with van der Waals surface area (Å²) < 4.78 is 2.67. The molecule has 10 aromatic carbocycles. The topological polar surface area (TPSA) is 0 Å². The molecule has 1 heteroatoms. The third-order valence-corrected chi connectivity index (χ3v) is 13.6. The van der Waals surface area contributed by atoms with E-state index >= 15 is 0 Å². The zero-order chi connectivity index (χ0) is 36.8. The predicted molar refractivity (Wildman–Crippen MR) is 240 cm³/mol. The summed E-state index contributed by atoms with van der Waals surface area (Å²) in [7, 11) is 0. The van der Waals surface area contributed by atoms with E-state index in [0.29, 0.717) is 0 Å². The number of benzene rings is 10. The highest BCUT2D eigenvalue weighted by Gasteiger charge is 2.47. The maximum atomic E-state index is 2.57. The summed E-state index contributed by atoms with van der Waals surface area (Å²) in [6, 6.07) is 77.1. The Labute approximate surface area is 329 Å². The van der Waals surface area contributed by atoms with Gasteiger partial charge >= 0.3 is 0 Å². The molecular formula is C55H34S. The van der Waals surface area contributed by atoms with E-state index in [4.69, 9.17) is 0 Å². The van der Waals surface area contributed by atoms with E-state index in [1.807, 2.05) is 11.3 Å². The first-order valence-corrected chi connectivity index (χ1v) is 20.3. The highest BCUT2D eigenvalue weighted by Crippen LogP contribution is 2.60. The van der Waals surface area contributed by atoms with Crippen molar-refractivity contribution in [2.75, 3.05) is 0 Å². The van der Waals surface area contributed by atoms with Crippen LogP contribution in [0.25, 0.3) is 85.9 Å². The second-order valence-electron chi connectivity index (χ2n) is 15.0. The minimum absolute atomic E-state index is 0.504. The Bertz CT molecular complexity index is 3250. The van der Waals surface area contributed by atoms with Crippen molar-refractivity contribution in [1.29, 1.82) is 0 Å². The quantitative estimate of drug-likeness (QED) is 0.158. The molecule has 1 aliphatic rings. The van der Waals surface area contributed by atoms with Gasteiger partial charge in [0.2, 0.25) is 0 Å². The molecule has 0 N–H and O–H groups in total. The Morgan fingerprint density at radius 2 is 0.732 bits per heavy atom. The van der Waals surface area contributed by atoms with Crippen LogP contribution in [0.3, 0.4) is 0 Å². The molecule has 260 valence electrons. The van der Waals surface area contributed by atoms with Gasteiger partial charge in [-0.2, -0.15) is 0 Å². The molecule has 0 amide bonds. The summed E-state index contributed by atoms with van der Waals surface area (Å²) >= 11 is 1.91. The molecular weight excluding hydrogens is 693 g/mol. The van der Waals surface area contributed by atoms with Crippen molar-refractivity contribution in [3.05, 3.63) is 229 Å². The standard InChI is InChI=1S/C55H34S/c1-3-18-35(19-4-1)55(36-20-5-2-6-21-36)48-32-15-13-29-45(48)53-39-24-8-7-22-37(39)47(34-49(53)55)52-42-27-11-9-25-40(42)51(41-26-10-12-28-43(41)52)46-31-17-30-44-38-23-14-16-33-50(38)56-54(44)46/h1-34H. The molecule has 0 unspecified atom stereocenters. The van der Waals surface area contributed by atoms with Gasteiger partial charge in [0.05, 0.1) is 5.41 Å². The van der Waals surface area contributed by atoms with E-state index in [1.165, 1.54) is 108 Å². The third-order valence-electron chi connectivity index (χ3n) is 12.3. The molecule has 0 nitrogen and oxygen atoms in total. The first-order chi connectivity index (χ1) is 27.8. The predicted octanol–water partition coefficient (Wildman–Crippen LogP) is 15.2. The fourth-order valence-electron chi connectivity index (χ4n) is 10.2. The van der Waals surface area contributed by atoms with Crippen LogP contribution >= 0.6 is 11.3 Å². The van der Waals surface area contributed by atoms with Gasteiger partial charge in [-0.25, -0.2) is 0 Å². The molecule has 1 heterocycles. The van der Waals surface area contributed by atoms with Gasteiger partial charge in [0.1, 0.15) is 0 Å². The maximum Gasteiger partial charge on any atom is 0.0714 e. The largest absolute Gasteiger partial charge is 0.135 e. The molecule has 0 saturated heterocycles. The first kappa shape index (κ1) is 31.5. The number of hydrogen-bond donors (Lipinski definition) is 0. The second kappa shape index (κ2) is 12.1. The van der Waals surface area contributed by atoms with Crippen LogP contribution in [0.1, 0.15) is 22.3 Å². The van der Waals surface area contributed by atoms with E-state index in [2.05, 4.69) is 206 Å². The van der Waals surface area contributed by atoms with E-state index in [9.17, 15) is 0 Å².